The third-order valence-electron chi connectivity index (χ3n) is 8.09. The first kappa shape index (κ1) is 37.2. The summed E-state index contributed by atoms with van der Waals surface area (Å²) in [4.78, 5) is 0. The standard InChI is InChI=1S/C29H43Si2.3ClH.Ti/c1-20-17-25(19-26(18-20)31(9,10)11)30(27-23(4)21(2)22(3)24(27)5)29(28(6,7)8)15-13-12-14-16-29;;;;/h12-15,17-19,30H,16H2,1-11H3;3*1H;/q-1;;;;+4/p-3. The average Bonchev–Trinajstić information content (AvgIpc) is 2.85. The summed E-state index contributed by atoms with van der Waals surface area (Å²) >= 11 is 0. The molecule has 3 rings (SSSR count). The fraction of sp³-hybridized carbons (Fsp3) is 0.483. The van der Waals surface area contributed by atoms with Crippen molar-refractivity contribution < 1.29 is 58.9 Å². The van der Waals surface area contributed by atoms with Gasteiger partial charge in [0.25, 0.3) is 0 Å². The molecule has 2 unspecified atom stereocenters. The molecule has 0 saturated heterocycles. The van der Waals surface area contributed by atoms with E-state index in [1.54, 1.807) is 26.7 Å². The van der Waals surface area contributed by atoms with Crippen LogP contribution in [-0.4, -0.2) is 16.9 Å². The molecule has 2 atom stereocenters. The van der Waals surface area contributed by atoms with Gasteiger partial charge in [-0.2, -0.15) is 27.4 Å². The second-order valence-corrected chi connectivity index (χ2v) is 20.2. The van der Waals surface area contributed by atoms with Crippen LogP contribution in [0.15, 0.2) is 42.5 Å². The van der Waals surface area contributed by atoms with Crippen molar-refractivity contribution in [2.24, 2.45) is 5.41 Å². The average molecular weight is 602 g/mol. The predicted molar refractivity (Wildman–Crippen MR) is 147 cm³/mol. The van der Waals surface area contributed by atoms with Crippen molar-refractivity contribution in [1.29, 1.82) is 0 Å². The fourth-order valence-electron chi connectivity index (χ4n) is 5.66. The molecule has 6 heteroatoms. The summed E-state index contributed by atoms with van der Waals surface area (Å²) in [6.45, 7) is 26.6. The summed E-state index contributed by atoms with van der Waals surface area (Å²) in [6, 6.07) is 7.63. The second kappa shape index (κ2) is 13.2. The van der Waals surface area contributed by atoms with Gasteiger partial charge in [0.1, 0.15) is 0 Å². The van der Waals surface area contributed by atoms with Crippen molar-refractivity contribution in [2.45, 2.75) is 86.5 Å². The molecule has 0 bridgehead atoms. The van der Waals surface area contributed by atoms with Crippen LogP contribution in [0.4, 0.5) is 0 Å². The van der Waals surface area contributed by atoms with Crippen molar-refractivity contribution in [3.05, 3.63) is 70.3 Å². The van der Waals surface area contributed by atoms with E-state index in [1.165, 1.54) is 16.7 Å². The van der Waals surface area contributed by atoms with Gasteiger partial charge in [0.05, 0.1) is 16.9 Å². The molecular weight excluding hydrogens is 559 g/mol. The van der Waals surface area contributed by atoms with Crippen LogP contribution < -0.4 is 52.8 Å². The van der Waals surface area contributed by atoms with Crippen LogP contribution in [0.3, 0.4) is 0 Å². The molecule has 0 amide bonds. The molecule has 0 fully saturated rings. The minimum Gasteiger partial charge on any atom is -1.00 e. The van der Waals surface area contributed by atoms with Crippen molar-refractivity contribution >= 4 is 32.4 Å². The zero-order chi connectivity index (χ0) is 23.4. The van der Waals surface area contributed by atoms with Crippen LogP contribution in [0.2, 0.25) is 24.7 Å². The van der Waals surface area contributed by atoms with Gasteiger partial charge in [-0.05, 0) is 23.8 Å². The molecule has 0 aliphatic heterocycles. The molecule has 1 aliphatic carbocycles. The molecule has 2 aromatic carbocycles. The van der Waals surface area contributed by atoms with Crippen molar-refractivity contribution in [3.8, 4) is 0 Å². The van der Waals surface area contributed by atoms with E-state index in [0.29, 0.717) is 0 Å². The Kier molecular flexibility index (Phi) is 14.1. The molecule has 0 saturated carbocycles. The van der Waals surface area contributed by atoms with E-state index < -0.39 is 16.9 Å². The largest absolute Gasteiger partial charge is 4.00 e. The van der Waals surface area contributed by atoms with Gasteiger partial charge in [-0.25, -0.2) is 0 Å². The molecule has 1 aliphatic rings. The van der Waals surface area contributed by atoms with E-state index in [9.17, 15) is 0 Å². The third kappa shape index (κ3) is 6.94. The topological polar surface area (TPSA) is 0 Å². The van der Waals surface area contributed by atoms with Gasteiger partial charge in [0.15, 0.2) is 0 Å². The first-order valence-corrected chi connectivity index (χ1v) is 17.1. The molecule has 0 heterocycles. The Morgan fingerprint density at radius 3 is 1.74 bits per heavy atom. The third-order valence-corrected chi connectivity index (χ3v) is 14.9. The van der Waals surface area contributed by atoms with Gasteiger partial charge in [-0.1, -0.05) is 127 Å². The maximum atomic E-state index is 2.63. The zero-order valence-electron chi connectivity index (χ0n) is 23.5. The minimum atomic E-state index is -1.62. The van der Waals surface area contributed by atoms with E-state index in [-0.39, 0.29) is 69.4 Å². The quantitative estimate of drug-likeness (QED) is 0.262. The van der Waals surface area contributed by atoms with Gasteiger partial charge >= 0.3 is 21.7 Å². The first-order valence-electron chi connectivity index (χ1n) is 11.9. The van der Waals surface area contributed by atoms with Crippen molar-refractivity contribution in [3.63, 3.8) is 0 Å². The summed E-state index contributed by atoms with van der Waals surface area (Å²) in [7, 11) is -3.03. The Bertz CT molecular complexity index is 1030. The SMILES string of the molecule is Cc1cc([SiH]([c-]2c(C)c(C)c(C)c2C)C2(C(C)(C)C)C=CC=CC2)cc([Si](C)(C)C)c1.[Cl-].[Cl-].[Cl-].[Ti+4]. The van der Waals surface area contributed by atoms with E-state index in [0.717, 1.165) is 6.42 Å². The van der Waals surface area contributed by atoms with E-state index >= 15 is 0 Å². The number of halogens is 3. The number of aryl methyl sites for hydroxylation is 1. The number of hydrogen-bond donors (Lipinski definition) is 0. The van der Waals surface area contributed by atoms with Gasteiger partial charge in [-0.15, -0.1) is 0 Å². The zero-order valence-corrected chi connectivity index (χ0v) is 29.4. The van der Waals surface area contributed by atoms with Gasteiger partial charge < -0.3 is 37.2 Å². The van der Waals surface area contributed by atoms with Crippen molar-refractivity contribution in [2.75, 3.05) is 0 Å². The summed E-state index contributed by atoms with van der Waals surface area (Å²) in [5.41, 5.74) is 7.72. The molecule has 2 aromatic rings. The molecule has 0 aromatic heterocycles. The van der Waals surface area contributed by atoms with Crippen LogP contribution in [0.25, 0.3) is 0 Å². The molecule has 0 spiro atoms. The van der Waals surface area contributed by atoms with Crippen LogP contribution in [0, 0.1) is 40.0 Å². The van der Waals surface area contributed by atoms with Crippen LogP contribution >= 0.6 is 0 Å². The predicted octanol–water partition coefficient (Wildman–Crippen LogP) is -2.85. The monoisotopic (exact) mass is 600 g/mol. The smallest absolute Gasteiger partial charge is 1.00 e. The Labute approximate surface area is 251 Å². The Hall–Kier alpha value is 0.0681. The fourth-order valence-corrected chi connectivity index (χ4v) is 12.1. The molecular formula is C29H43Cl3Si2Ti. The van der Waals surface area contributed by atoms with Crippen LogP contribution in [-0.2, 0) is 21.7 Å². The van der Waals surface area contributed by atoms with E-state index in [2.05, 4.69) is 118 Å². The van der Waals surface area contributed by atoms with Gasteiger partial charge in [-0.3, -0.25) is 0 Å². The Balaban J connectivity index is 0. The van der Waals surface area contributed by atoms with E-state index in [4.69, 9.17) is 0 Å². The molecule has 0 N–H and O–H groups in total. The van der Waals surface area contributed by atoms with Gasteiger partial charge in [0, 0.05) is 0 Å². The Morgan fingerprint density at radius 1 is 0.829 bits per heavy atom. The van der Waals surface area contributed by atoms with Crippen LogP contribution in [0.1, 0.15) is 55.0 Å². The minimum absolute atomic E-state index is 0. The summed E-state index contributed by atoms with van der Waals surface area (Å²) < 4.78 is 0. The maximum Gasteiger partial charge on any atom is 4.00 e. The molecule has 35 heavy (non-hydrogen) atoms. The maximum absolute atomic E-state index is 2.63. The summed E-state index contributed by atoms with van der Waals surface area (Å²) in [6.07, 6.45) is 10.7. The summed E-state index contributed by atoms with van der Waals surface area (Å²) in [5, 5.41) is 5.13. The summed E-state index contributed by atoms with van der Waals surface area (Å²) in [5.74, 6) is 0. The second-order valence-electron chi connectivity index (χ2n) is 12.0. The number of rotatable bonds is 4. The number of benzene rings is 1. The first-order chi connectivity index (χ1) is 14.2. The normalized spacial score (nSPS) is 18.0. The Morgan fingerprint density at radius 2 is 1.34 bits per heavy atom. The van der Waals surface area contributed by atoms with Crippen LogP contribution in [0.5, 0.6) is 0 Å². The van der Waals surface area contributed by atoms with E-state index in [1.807, 2.05) is 0 Å². The van der Waals surface area contributed by atoms with Crippen molar-refractivity contribution in [1.82, 2.24) is 0 Å². The number of hydrogen-bond acceptors (Lipinski definition) is 0. The molecule has 0 radical (unpaired) electrons. The molecule has 0 nitrogen and oxygen atoms in total. The molecule has 192 valence electrons. The van der Waals surface area contributed by atoms with Gasteiger partial charge in [0.2, 0.25) is 0 Å². The number of allylic oxidation sites excluding steroid dienone is 4.